The van der Waals surface area contributed by atoms with Crippen molar-refractivity contribution in [1.82, 2.24) is 15.1 Å². The third-order valence-electron chi connectivity index (χ3n) is 5.50. The van der Waals surface area contributed by atoms with Gasteiger partial charge in [0.2, 0.25) is 0 Å². The van der Waals surface area contributed by atoms with Crippen LogP contribution in [0, 0.1) is 0 Å². The summed E-state index contributed by atoms with van der Waals surface area (Å²) in [5.41, 5.74) is 1.39. The standard InChI is InChI=1S/C22H36N4O2/c1-2-23-22(26-15-9-20(27)18-26)24-12-6-16-28-21-10-13-25(14-11-21)17-19-7-4-3-5-8-19/h3-5,7-8,20-21,27H,2,6,9-18H2,1H3,(H,23,24)/t20-/m1/s1. The van der Waals surface area contributed by atoms with Crippen LogP contribution in [-0.4, -0.2) is 78.9 Å². The highest BCUT2D eigenvalue weighted by Gasteiger charge is 2.23. The zero-order valence-corrected chi connectivity index (χ0v) is 17.2. The van der Waals surface area contributed by atoms with Crippen molar-refractivity contribution >= 4 is 5.96 Å². The number of aliphatic hydroxyl groups excluding tert-OH is 1. The molecule has 0 amide bonds. The first-order chi connectivity index (χ1) is 13.7. The molecule has 1 atom stereocenters. The summed E-state index contributed by atoms with van der Waals surface area (Å²) in [5.74, 6) is 0.924. The summed E-state index contributed by atoms with van der Waals surface area (Å²) in [6, 6.07) is 10.7. The Kier molecular flexibility index (Phi) is 8.58. The van der Waals surface area contributed by atoms with Gasteiger partial charge < -0.3 is 20.1 Å². The number of nitrogens with one attached hydrogen (secondary N) is 1. The van der Waals surface area contributed by atoms with E-state index in [1.165, 1.54) is 5.56 Å². The van der Waals surface area contributed by atoms with E-state index in [2.05, 4.69) is 52.4 Å². The number of likely N-dealkylation sites (tertiary alicyclic amines) is 2. The van der Waals surface area contributed by atoms with Gasteiger partial charge in [-0.3, -0.25) is 9.89 Å². The summed E-state index contributed by atoms with van der Waals surface area (Å²) < 4.78 is 6.10. The van der Waals surface area contributed by atoms with E-state index in [1.807, 2.05) is 0 Å². The molecule has 6 nitrogen and oxygen atoms in total. The number of β-amino-alcohol motifs (C(OH)–C–C–N with tert-alkyl or cyclic N) is 1. The Bertz CT molecular complexity index is 587. The number of nitrogens with zero attached hydrogens (tertiary/aromatic N) is 3. The predicted octanol–water partition coefficient (Wildman–Crippen LogP) is 2.09. The molecule has 1 aromatic rings. The van der Waals surface area contributed by atoms with Crippen LogP contribution in [0.5, 0.6) is 0 Å². The number of aliphatic hydroxyl groups is 1. The van der Waals surface area contributed by atoms with Gasteiger partial charge in [-0.15, -0.1) is 0 Å². The second kappa shape index (κ2) is 11.4. The maximum absolute atomic E-state index is 9.72. The normalized spacial score (nSPS) is 22.0. The molecule has 6 heteroatoms. The van der Waals surface area contributed by atoms with Gasteiger partial charge >= 0.3 is 0 Å². The minimum Gasteiger partial charge on any atom is -0.391 e. The molecule has 3 rings (SSSR count). The topological polar surface area (TPSA) is 60.3 Å². The summed E-state index contributed by atoms with van der Waals surface area (Å²) in [7, 11) is 0. The fourth-order valence-corrected chi connectivity index (χ4v) is 3.94. The second-order valence-electron chi connectivity index (χ2n) is 7.81. The zero-order chi connectivity index (χ0) is 19.6. The lowest BCUT2D eigenvalue weighted by Crippen LogP contribution is -2.40. The molecule has 28 heavy (non-hydrogen) atoms. The van der Waals surface area contributed by atoms with Gasteiger partial charge in [0, 0.05) is 52.4 Å². The monoisotopic (exact) mass is 388 g/mol. The van der Waals surface area contributed by atoms with Crippen molar-refractivity contribution in [3.63, 3.8) is 0 Å². The van der Waals surface area contributed by atoms with Crippen LogP contribution in [-0.2, 0) is 11.3 Å². The van der Waals surface area contributed by atoms with Gasteiger partial charge in [0.15, 0.2) is 5.96 Å². The largest absolute Gasteiger partial charge is 0.391 e. The van der Waals surface area contributed by atoms with Crippen LogP contribution in [0.4, 0.5) is 0 Å². The number of hydrogen-bond acceptors (Lipinski definition) is 4. The van der Waals surface area contributed by atoms with Crippen molar-refractivity contribution in [3.8, 4) is 0 Å². The first kappa shape index (κ1) is 21.1. The van der Waals surface area contributed by atoms with Gasteiger partial charge in [0.1, 0.15) is 0 Å². The fourth-order valence-electron chi connectivity index (χ4n) is 3.94. The van der Waals surface area contributed by atoms with Gasteiger partial charge in [-0.2, -0.15) is 0 Å². The SMILES string of the molecule is CCNC(=NCCCOC1CCN(Cc2ccccc2)CC1)N1CC[C@@H](O)C1. The van der Waals surface area contributed by atoms with E-state index in [9.17, 15) is 5.11 Å². The number of aliphatic imine (C=N–C) groups is 1. The van der Waals surface area contributed by atoms with E-state index in [-0.39, 0.29) is 6.10 Å². The number of piperidine rings is 1. The average molecular weight is 389 g/mol. The molecule has 2 fully saturated rings. The minimum atomic E-state index is -0.222. The molecule has 2 aliphatic rings. The Morgan fingerprint density at radius 3 is 2.64 bits per heavy atom. The van der Waals surface area contributed by atoms with E-state index >= 15 is 0 Å². The summed E-state index contributed by atoms with van der Waals surface area (Å²) in [5, 5.41) is 13.1. The van der Waals surface area contributed by atoms with E-state index in [0.29, 0.717) is 12.6 Å². The molecule has 0 aliphatic carbocycles. The Morgan fingerprint density at radius 1 is 1.18 bits per heavy atom. The summed E-state index contributed by atoms with van der Waals surface area (Å²) in [6.45, 7) is 9.30. The first-order valence-corrected chi connectivity index (χ1v) is 10.8. The second-order valence-corrected chi connectivity index (χ2v) is 7.81. The van der Waals surface area contributed by atoms with Gasteiger partial charge in [-0.1, -0.05) is 30.3 Å². The smallest absolute Gasteiger partial charge is 0.194 e. The predicted molar refractivity (Wildman–Crippen MR) is 113 cm³/mol. The summed E-state index contributed by atoms with van der Waals surface area (Å²) in [6.07, 6.45) is 4.17. The van der Waals surface area contributed by atoms with Crippen molar-refractivity contribution in [2.45, 2.75) is 51.4 Å². The van der Waals surface area contributed by atoms with Crippen LogP contribution < -0.4 is 5.32 Å². The molecule has 156 valence electrons. The molecule has 2 aliphatic heterocycles. The molecular weight excluding hydrogens is 352 g/mol. The molecule has 2 saturated heterocycles. The number of guanidine groups is 1. The van der Waals surface area contributed by atoms with Crippen LogP contribution in [0.3, 0.4) is 0 Å². The number of rotatable bonds is 8. The molecule has 0 aromatic heterocycles. The van der Waals surface area contributed by atoms with Gasteiger partial charge in [-0.05, 0) is 38.2 Å². The van der Waals surface area contributed by atoms with Crippen LogP contribution in [0.25, 0.3) is 0 Å². The first-order valence-electron chi connectivity index (χ1n) is 10.8. The lowest BCUT2D eigenvalue weighted by Gasteiger charge is -2.31. The third-order valence-corrected chi connectivity index (χ3v) is 5.50. The molecular formula is C22H36N4O2. The van der Waals surface area contributed by atoms with E-state index in [4.69, 9.17) is 9.73 Å². The molecule has 0 saturated carbocycles. The van der Waals surface area contributed by atoms with Crippen molar-refractivity contribution in [1.29, 1.82) is 0 Å². The zero-order valence-electron chi connectivity index (χ0n) is 17.2. The molecule has 0 bridgehead atoms. The molecule has 2 heterocycles. The van der Waals surface area contributed by atoms with E-state index in [0.717, 1.165) is 77.5 Å². The van der Waals surface area contributed by atoms with Crippen molar-refractivity contribution < 1.29 is 9.84 Å². The van der Waals surface area contributed by atoms with E-state index in [1.54, 1.807) is 0 Å². The Hall–Kier alpha value is -1.63. The summed E-state index contributed by atoms with van der Waals surface area (Å²) >= 11 is 0. The highest BCUT2D eigenvalue weighted by atomic mass is 16.5. The fraction of sp³-hybridized carbons (Fsp3) is 0.682. The molecule has 0 unspecified atom stereocenters. The van der Waals surface area contributed by atoms with Crippen molar-refractivity contribution in [2.75, 3.05) is 45.9 Å². The van der Waals surface area contributed by atoms with Crippen molar-refractivity contribution in [2.24, 2.45) is 4.99 Å². The lowest BCUT2D eigenvalue weighted by atomic mass is 10.1. The van der Waals surface area contributed by atoms with Crippen LogP contribution >= 0.6 is 0 Å². The molecule has 0 radical (unpaired) electrons. The highest BCUT2D eigenvalue weighted by molar-refractivity contribution is 5.80. The maximum Gasteiger partial charge on any atom is 0.194 e. The Morgan fingerprint density at radius 2 is 1.96 bits per heavy atom. The lowest BCUT2D eigenvalue weighted by molar-refractivity contribution is 0.00564. The van der Waals surface area contributed by atoms with Crippen LogP contribution in [0.15, 0.2) is 35.3 Å². The third kappa shape index (κ3) is 6.76. The highest BCUT2D eigenvalue weighted by Crippen LogP contribution is 2.16. The molecule has 0 spiro atoms. The maximum atomic E-state index is 9.72. The number of ether oxygens (including phenoxy) is 1. The Labute approximate surface area is 169 Å². The summed E-state index contributed by atoms with van der Waals surface area (Å²) in [4.78, 5) is 9.37. The molecule has 1 aromatic carbocycles. The Balaban J connectivity index is 1.30. The average Bonchev–Trinajstić information content (AvgIpc) is 3.15. The minimum absolute atomic E-state index is 0.222. The molecule has 2 N–H and O–H groups in total. The van der Waals surface area contributed by atoms with Crippen molar-refractivity contribution in [3.05, 3.63) is 35.9 Å². The number of hydrogen-bond donors (Lipinski definition) is 2. The number of benzene rings is 1. The van der Waals surface area contributed by atoms with Crippen LogP contribution in [0.2, 0.25) is 0 Å². The van der Waals surface area contributed by atoms with Gasteiger partial charge in [0.25, 0.3) is 0 Å². The van der Waals surface area contributed by atoms with E-state index < -0.39 is 0 Å². The van der Waals surface area contributed by atoms with Gasteiger partial charge in [-0.25, -0.2) is 0 Å². The quantitative estimate of drug-likeness (QED) is 0.406. The van der Waals surface area contributed by atoms with Gasteiger partial charge in [0.05, 0.1) is 12.2 Å². The van der Waals surface area contributed by atoms with Crippen LogP contribution in [0.1, 0.15) is 38.2 Å².